The fourth-order valence-corrected chi connectivity index (χ4v) is 2.56. The van der Waals surface area contributed by atoms with Crippen molar-refractivity contribution in [3.05, 3.63) is 29.8 Å². The molecule has 1 heterocycles. The SMILES string of the molecule is CSc1ccc([C@@H](O)CNC(=O)CN2C(=O)CCC2=O)cc1. The van der Waals surface area contributed by atoms with Crippen LogP contribution in [0.3, 0.4) is 0 Å². The van der Waals surface area contributed by atoms with Crippen molar-refractivity contribution >= 4 is 29.5 Å². The van der Waals surface area contributed by atoms with Crippen molar-refractivity contribution in [3.63, 3.8) is 0 Å². The molecule has 0 aliphatic carbocycles. The van der Waals surface area contributed by atoms with Crippen molar-refractivity contribution < 1.29 is 19.5 Å². The molecule has 22 heavy (non-hydrogen) atoms. The van der Waals surface area contributed by atoms with E-state index in [1.165, 1.54) is 0 Å². The van der Waals surface area contributed by atoms with Gasteiger partial charge in [0, 0.05) is 24.3 Å². The fourth-order valence-electron chi connectivity index (χ4n) is 2.15. The third-order valence-corrected chi connectivity index (χ3v) is 4.19. The first-order chi connectivity index (χ1) is 10.5. The van der Waals surface area contributed by atoms with E-state index in [-0.39, 0.29) is 37.7 Å². The number of amides is 3. The van der Waals surface area contributed by atoms with E-state index >= 15 is 0 Å². The summed E-state index contributed by atoms with van der Waals surface area (Å²) in [5.41, 5.74) is 0.700. The van der Waals surface area contributed by atoms with Crippen LogP contribution in [-0.2, 0) is 14.4 Å². The standard InChI is InChI=1S/C15H18N2O4S/c1-22-11-4-2-10(3-5-11)12(18)8-16-13(19)9-17-14(20)6-7-15(17)21/h2-5,12,18H,6-9H2,1H3,(H,16,19)/t12-/m0/s1. The second kappa shape index (κ2) is 7.42. The molecule has 0 aromatic heterocycles. The molecule has 1 atom stereocenters. The first-order valence-electron chi connectivity index (χ1n) is 6.93. The largest absolute Gasteiger partial charge is 0.387 e. The predicted molar refractivity (Wildman–Crippen MR) is 82.1 cm³/mol. The van der Waals surface area contributed by atoms with Crippen LogP contribution in [0.25, 0.3) is 0 Å². The van der Waals surface area contributed by atoms with Crippen LogP contribution in [0.1, 0.15) is 24.5 Å². The molecule has 1 aliphatic heterocycles. The van der Waals surface area contributed by atoms with E-state index in [0.29, 0.717) is 5.56 Å². The van der Waals surface area contributed by atoms with Gasteiger partial charge in [-0.1, -0.05) is 12.1 Å². The quantitative estimate of drug-likeness (QED) is 0.595. The summed E-state index contributed by atoms with van der Waals surface area (Å²) in [6, 6.07) is 7.39. The van der Waals surface area contributed by atoms with E-state index in [4.69, 9.17) is 0 Å². The van der Waals surface area contributed by atoms with Crippen LogP contribution in [0.2, 0.25) is 0 Å². The Morgan fingerprint density at radius 2 is 1.86 bits per heavy atom. The normalized spacial score (nSPS) is 16.0. The number of aliphatic hydroxyl groups excluding tert-OH is 1. The minimum absolute atomic E-state index is 0.0354. The van der Waals surface area contributed by atoms with Gasteiger partial charge in [0.2, 0.25) is 17.7 Å². The van der Waals surface area contributed by atoms with Crippen molar-refractivity contribution in [1.29, 1.82) is 0 Å². The lowest BCUT2D eigenvalue weighted by Crippen LogP contribution is -2.41. The summed E-state index contributed by atoms with van der Waals surface area (Å²) in [5, 5.41) is 12.6. The molecule has 2 rings (SSSR count). The van der Waals surface area contributed by atoms with Crippen LogP contribution in [-0.4, -0.2) is 47.1 Å². The van der Waals surface area contributed by atoms with Crippen LogP contribution in [0.4, 0.5) is 0 Å². The molecule has 1 aliphatic rings. The monoisotopic (exact) mass is 322 g/mol. The highest BCUT2D eigenvalue weighted by molar-refractivity contribution is 7.98. The van der Waals surface area contributed by atoms with Gasteiger partial charge < -0.3 is 10.4 Å². The molecule has 1 aromatic rings. The van der Waals surface area contributed by atoms with Crippen LogP contribution >= 0.6 is 11.8 Å². The van der Waals surface area contributed by atoms with Crippen molar-refractivity contribution in [3.8, 4) is 0 Å². The first-order valence-corrected chi connectivity index (χ1v) is 8.15. The number of nitrogens with one attached hydrogen (secondary N) is 1. The molecule has 7 heteroatoms. The van der Waals surface area contributed by atoms with Gasteiger partial charge in [0.1, 0.15) is 6.54 Å². The molecular formula is C15H18N2O4S. The van der Waals surface area contributed by atoms with Gasteiger partial charge >= 0.3 is 0 Å². The lowest BCUT2D eigenvalue weighted by Gasteiger charge is -2.16. The lowest BCUT2D eigenvalue weighted by atomic mass is 10.1. The number of carbonyl (C=O) groups is 3. The molecule has 1 aromatic carbocycles. The number of aliphatic hydroxyl groups is 1. The topological polar surface area (TPSA) is 86.7 Å². The molecule has 0 spiro atoms. The van der Waals surface area contributed by atoms with E-state index in [1.807, 2.05) is 18.4 Å². The van der Waals surface area contributed by atoms with Crippen molar-refractivity contribution in [1.82, 2.24) is 10.2 Å². The van der Waals surface area contributed by atoms with Gasteiger partial charge in [-0.3, -0.25) is 19.3 Å². The third kappa shape index (κ3) is 4.08. The average Bonchev–Trinajstić information content (AvgIpc) is 2.84. The highest BCUT2D eigenvalue weighted by Gasteiger charge is 2.30. The van der Waals surface area contributed by atoms with Crippen molar-refractivity contribution in [2.45, 2.75) is 23.8 Å². The molecule has 2 N–H and O–H groups in total. The van der Waals surface area contributed by atoms with Crippen LogP contribution in [0.15, 0.2) is 29.2 Å². The Hall–Kier alpha value is -1.86. The summed E-state index contributed by atoms with van der Waals surface area (Å²) in [4.78, 5) is 36.6. The second-order valence-corrected chi connectivity index (χ2v) is 5.85. The lowest BCUT2D eigenvalue weighted by molar-refractivity contribution is -0.142. The van der Waals surface area contributed by atoms with E-state index < -0.39 is 12.0 Å². The Morgan fingerprint density at radius 1 is 1.27 bits per heavy atom. The smallest absolute Gasteiger partial charge is 0.240 e. The molecule has 0 radical (unpaired) electrons. The third-order valence-electron chi connectivity index (χ3n) is 3.45. The Kier molecular flexibility index (Phi) is 5.57. The molecule has 3 amide bonds. The number of hydrogen-bond donors (Lipinski definition) is 2. The first kappa shape index (κ1) is 16.5. The Bertz CT molecular complexity index is 557. The highest BCUT2D eigenvalue weighted by Crippen LogP contribution is 2.18. The van der Waals surface area contributed by atoms with E-state index in [0.717, 1.165) is 9.80 Å². The van der Waals surface area contributed by atoms with Gasteiger partial charge in [-0.15, -0.1) is 11.8 Å². The predicted octanol–water partition coefficient (Wildman–Crippen LogP) is 0.707. The number of thioether (sulfide) groups is 1. The summed E-state index contributed by atoms with van der Waals surface area (Å²) in [6.07, 6.45) is 1.46. The molecule has 6 nitrogen and oxygen atoms in total. The summed E-state index contributed by atoms with van der Waals surface area (Å²) < 4.78 is 0. The molecule has 1 fully saturated rings. The van der Waals surface area contributed by atoms with Gasteiger partial charge in [-0.25, -0.2) is 0 Å². The van der Waals surface area contributed by atoms with Crippen LogP contribution < -0.4 is 5.32 Å². The maximum absolute atomic E-state index is 11.8. The number of imide groups is 1. The fraction of sp³-hybridized carbons (Fsp3) is 0.400. The molecule has 1 saturated heterocycles. The van der Waals surface area contributed by atoms with Gasteiger partial charge in [-0.05, 0) is 24.0 Å². The maximum atomic E-state index is 11.8. The van der Waals surface area contributed by atoms with Crippen molar-refractivity contribution in [2.24, 2.45) is 0 Å². The van der Waals surface area contributed by atoms with Crippen molar-refractivity contribution in [2.75, 3.05) is 19.3 Å². The number of nitrogens with zero attached hydrogens (tertiary/aromatic N) is 1. The Morgan fingerprint density at radius 3 is 2.41 bits per heavy atom. The van der Waals surface area contributed by atoms with E-state index in [9.17, 15) is 19.5 Å². The molecule has 0 saturated carbocycles. The van der Waals surface area contributed by atoms with E-state index in [1.54, 1.807) is 23.9 Å². The maximum Gasteiger partial charge on any atom is 0.240 e. The number of carbonyl (C=O) groups excluding carboxylic acids is 3. The average molecular weight is 322 g/mol. The number of benzene rings is 1. The number of likely N-dealkylation sites (tertiary alicyclic amines) is 1. The Balaban J connectivity index is 1.82. The highest BCUT2D eigenvalue weighted by atomic mass is 32.2. The second-order valence-electron chi connectivity index (χ2n) is 4.97. The number of hydrogen-bond acceptors (Lipinski definition) is 5. The summed E-state index contributed by atoms with van der Waals surface area (Å²) in [6.45, 7) is -0.247. The zero-order valence-corrected chi connectivity index (χ0v) is 13.1. The zero-order chi connectivity index (χ0) is 16.1. The van der Waals surface area contributed by atoms with Crippen LogP contribution in [0, 0.1) is 0 Å². The summed E-state index contributed by atoms with van der Waals surface area (Å²) >= 11 is 1.60. The zero-order valence-electron chi connectivity index (χ0n) is 12.2. The van der Waals surface area contributed by atoms with Gasteiger partial charge in [0.15, 0.2) is 0 Å². The minimum Gasteiger partial charge on any atom is -0.387 e. The molecule has 0 bridgehead atoms. The summed E-state index contributed by atoms with van der Waals surface area (Å²) in [5.74, 6) is -1.11. The minimum atomic E-state index is -0.829. The number of rotatable bonds is 6. The molecule has 0 unspecified atom stereocenters. The van der Waals surface area contributed by atoms with E-state index in [2.05, 4.69) is 5.32 Å². The summed E-state index contributed by atoms with van der Waals surface area (Å²) in [7, 11) is 0. The van der Waals surface area contributed by atoms with Gasteiger partial charge in [-0.2, -0.15) is 0 Å². The van der Waals surface area contributed by atoms with Gasteiger partial charge in [0.05, 0.1) is 6.10 Å². The molecule has 118 valence electrons. The Labute approximate surface area is 132 Å². The molecular weight excluding hydrogens is 304 g/mol. The van der Waals surface area contributed by atoms with Gasteiger partial charge in [0.25, 0.3) is 0 Å². The van der Waals surface area contributed by atoms with Crippen LogP contribution in [0.5, 0.6) is 0 Å².